The Morgan fingerprint density at radius 3 is 2.70 bits per heavy atom. The van der Waals surface area contributed by atoms with Gasteiger partial charge < -0.3 is 10.1 Å². The van der Waals surface area contributed by atoms with E-state index in [1.807, 2.05) is 42.5 Å². The maximum atomic E-state index is 9.12. The monoisotopic (exact) mass is 266 g/mol. The number of hydrogen-bond donors (Lipinski definition) is 1. The van der Waals surface area contributed by atoms with Gasteiger partial charge in [0.1, 0.15) is 0 Å². The van der Waals surface area contributed by atoms with E-state index in [2.05, 4.69) is 18.0 Å². The average molecular weight is 266 g/mol. The van der Waals surface area contributed by atoms with Crippen LogP contribution >= 0.6 is 0 Å². The third-order valence-corrected chi connectivity index (χ3v) is 3.07. The lowest BCUT2D eigenvalue weighted by atomic mass is 10.0. The zero-order valence-corrected chi connectivity index (χ0v) is 11.4. The summed E-state index contributed by atoms with van der Waals surface area (Å²) in [4.78, 5) is 0. The van der Waals surface area contributed by atoms with Crippen LogP contribution < -0.4 is 5.32 Å². The third-order valence-electron chi connectivity index (χ3n) is 3.07. The number of ether oxygens (including phenoxy) is 1. The van der Waals surface area contributed by atoms with Crippen molar-refractivity contribution in [2.45, 2.75) is 6.42 Å². The first-order valence-electron chi connectivity index (χ1n) is 6.71. The van der Waals surface area contributed by atoms with E-state index in [1.54, 1.807) is 0 Å². The molecule has 0 fully saturated rings. The van der Waals surface area contributed by atoms with Crippen molar-refractivity contribution in [3.8, 4) is 6.07 Å². The van der Waals surface area contributed by atoms with E-state index in [9.17, 15) is 0 Å². The number of nitrogens with zero attached hydrogens (tertiary/aromatic N) is 1. The van der Waals surface area contributed by atoms with Crippen LogP contribution in [0.2, 0.25) is 0 Å². The van der Waals surface area contributed by atoms with Crippen LogP contribution in [0.3, 0.4) is 0 Å². The van der Waals surface area contributed by atoms with Gasteiger partial charge in [-0.1, -0.05) is 30.3 Å². The summed E-state index contributed by atoms with van der Waals surface area (Å²) in [6.07, 6.45) is 2.72. The molecule has 2 rings (SSSR count). The van der Waals surface area contributed by atoms with Gasteiger partial charge in [-0.05, 0) is 18.6 Å². The van der Waals surface area contributed by atoms with Crippen LogP contribution in [0.15, 0.2) is 49.1 Å². The summed E-state index contributed by atoms with van der Waals surface area (Å²) < 4.78 is 5.47. The highest BCUT2D eigenvalue weighted by molar-refractivity contribution is 5.97. The molecule has 0 aliphatic heterocycles. The molecule has 0 saturated heterocycles. The van der Waals surface area contributed by atoms with Crippen LogP contribution in [-0.4, -0.2) is 19.8 Å². The molecule has 0 aliphatic carbocycles. The molecule has 2 aromatic rings. The number of nitrogens with one attached hydrogen (secondary N) is 1. The Bertz CT molecular complexity index is 628. The van der Waals surface area contributed by atoms with Crippen molar-refractivity contribution in [3.63, 3.8) is 0 Å². The van der Waals surface area contributed by atoms with Crippen LogP contribution in [0.25, 0.3) is 10.8 Å². The lowest BCUT2D eigenvalue weighted by molar-refractivity contribution is 0.149. The number of rotatable bonds is 7. The lowest BCUT2D eigenvalue weighted by Gasteiger charge is -2.11. The molecule has 102 valence electrons. The first kappa shape index (κ1) is 14.1. The zero-order chi connectivity index (χ0) is 14.2. The van der Waals surface area contributed by atoms with E-state index in [-0.39, 0.29) is 0 Å². The van der Waals surface area contributed by atoms with Crippen molar-refractivity contribution in [1.82, 2.24) is 0 Å². The largest absolute Gasteiger partial charge is 0.382 e. The number of hydrogen-bond acceptors (Lipinski definition) is 3. The van der Waals surface area contributed by atoms with Crippen LogP contribution in [0.4, 0.5) is 5.69 Å². The summed E-state index contributed by atoms with van der Waals surface area (Å²) in [5, 5.41) is 14.5. The molecule has 0 atom stereocenters. The number of fused-ring (bicyclic) bond motifs is 1. The van der Waals surface area contributed by atoms with Crippen molar-refractivity contribution in [1.29, 1.82) is 5.26 Å². The maximum Gasteiger partial charge on any atom is 0.0998 e. The van der Waals surface area contributed by atoms with Gasteiger partial charge in [0, 0.05) is 23.0 Å². The molecular weight excluding hydrogens is 248 g/mol. The molecule has 0 amide bonds. The molecule has 20 heavy (non-hydrogen) atoms. The fourth-order valence-electron chi connectivity index (χ4n) is 2.08. The minimum atomic E-state index is 0.655. The number of benzene rings is 2. The summed E-state index contributed by atoms with van der Waals surface area (Å²) in [5.41, 5.74) is 1.74. The Hall–Kier alpha value is -2.31. The van der Waals surface area contributed by atoms with Gasteiger partial charge in [0.15, 0.2) is 0 Å². The van der Waals surface area contributed by atoms with Gasteiger partial charge in [-0.25, -0.2) is 0 Å². The number of anilines is 1. The van der Waals surface area contributed by atoms with Gasteiger partial charge >= 0.3 is 0 Å². The quantitative estimate of drug-likeness (QED) is 0.613. The second-order valence-corrected chi connectivity index (χ2v) is 4.43. The summed E-state index contributed by atoms with van der Waals surface area (Å²) in [7, 11) is 0. The van der Waals surface area contributed by atoms with Crippen molar-refractivity contribution in [2.24, 2.45) is 0 Å². The predicted octanol–water partition coefficient (Wildman–Crippen LogP) is 3.72. The van der Waals surface area contributed by atoms with Crippen molar-refractivity contribution in [2.75, 3.05) is 25.1 Å². The molecule has 0 aromatic heterocycles. The highest BCUT2D eigenvalue weighted by Gasteiger charge is 2.04. The van der Waals surface area contributed by atoms with Crippen LogP contribution in [-0.2, 0) is 4.74 Å². The van der Waals surface area contributed by atoms with Crippen LogP contribution in [0, 0.1) is 11.3 Å². The molecule has 0 aliphatic rings. The predicted molar refractivity (Wildman–Crippen MR) is 82.8 cm³/mol. The standard InChI is InChI=1S/C17H18N2O/c1-2-3-11-20-12-10-19-17-9-8-14(13-18)15-6-4-5-7-16(15)17/h2,4-9,19H,1,3,10-12H2. The van der Waals surface area contributed by atoms with Crippen LogP contribution in [0.5, 0.6) is 0 Å². The van der Waals surface area contributed by atoms with E-state index >= 15 is 0 Å². The SMILES string of the molecule is C=CCCOCCNc1ccc(C#N)c2ccccc12. The molecule has 2 aromatic carbocycles. The molecule has 0 spiro atoms. The Morgan fingerprint density at radius 2 is 1.95 bits per heavy atom. The average Bonchev–Trinajstić information content (AvgIpc) is 2.50. The molecule has 1 N–H and O–H groups in total. The minimum absolute atomic E-state index is 0.655. The molecule has 0 heterocycles. The minimum Gasteiger partial charge on any atom is -0.382 e. The van der Waals surface area contributed by atoms with E-state index in [1.165, 1.54) is 0 Å². The normalized spacial score (nSPS) is 10.2. The van der Waals surface area contributed by atoms with E-state index in [4.69, 9.17) is 10.00 Å². The third kappa shape index (κ3) is 3.37. The molecular formula is C17H18N2O. The highest BCUT2D eigenvalue weighted by atomic mass is 16.5. The van der Waals surface area contributed by atoms with E-state index in [0.717, 1.165) is 29.4 Å². The van der Waals surface area contributed by atoms with Crippen molar-refractivity contribution in [3.05, 3.63) is 54.6 Å². The van der Waals surface area contributed by atoms with Crippen LogP contribution in [0.1, 0.15) is 12.0 Å². The topological polar surface area (TPSA) is 45.0 Å². The van der Waals surface area contributed by atoms with Crippen molar-refractivity contribution < 1.29 is 4.74 Å². The fraction of sp³-hybridized carbons (Fsp3) is 0.235. The van der Waals surface area contributed by atoms with E-state index < -0.39 is 0 Å². The molecule has 3 heteroatoms. The number of nitriles is 1. The summed E-state index contributed by atoms with van der Waals surface area (Å²) in [6.45, 7) is 5.76. The first-order valence-corrected chi connectivity index (χ1v) is 6.71. The van der Waals surface area contributed by atoms with E-state index in [0.29, 0.717) is 18.8 Å². The zero-order valence-electron chi connectivity index (χ0n) is 11.4. The summed E-state index contributed by atoms with van der Waals surface area (Å²) in [5.74, 6) is 0. The molecule has 0 unspecified atom stereocenters. The summed E-state index contributed by atoms with van der Waals surface area (Å²) >= 11 is 0. The van der Waals surface area contributed by atoms with Gasteiger partial charge in [0.25, 0.3) is 0 Å². The molecule has 3 nitrogen and oxygen atoms in total. The lowest BCUT2D eigenvalue weighted by Crippen LogP contribution is -2.10. The van der Waals surface area contributed by atoms with Gasteiger partial charge in [-0.15, -0.1) is 6.58 Å². The van der Waals surface area contributed by atoms with Crippen molar-refractivity contribution >= 4 is 16.5 Å². The molecule has 0 radical (unpaired) electrons. The Labute approximate surface area is 119 Å². The Kier molecular flexibility index (Phi) is 5.16. The Balaban J connectivity index is 2.04. The van der Waals surface area contributed by atoms with Gasteiger partial charge in [0.2, 0.25) is 0 Å². The second kappa shape index (κ2) is 7.32. The molecule has 0 bridgehead atoms. The van der Waals surface area contributed by atoms with Gasteiger partial charge in [-0.3, -0.25) is 0 Å². The maximum absolute atomic E-state index is 9.12. The smallest absolute Gasteiger partial charge is 0.0998 e. The fourth-order valence-corrected chi connectivity index (χ4v) is 2.08. The van der Waals surface area contributed by atoms with Gasteiger partial charge in [-0.2, -0.15) is 5.26 Å². The highest BCUT2D eigenvalue weighted by Crippen LogP contribution is 2.26. The second-order valence-electron chi connectivity index (χ2n) is 4.43. The summed E-state index contributed by atoms with van der Waals surface area (Å²) in [6, 6.07) is 14.0. The molecule has 0 saturated carbocycles. The first-order chi connectivity index (χ1) is 9.86. The Morgan fingerprint density at radius 1 is 1.15 bits per heavy atom. The van der Waals surface area contributed by atoms with Gasteiger partial charge in [0.05, 0.1) is 24.8 Å².